The van der Waals surface area contributed by atoms with E-state index < -0.39 is 0 Å². The number of hydrogen-bond donors (Lipinski definition) is 0. The smallest absolute Gasteiger partial charge is 0.163 e. The average molecular weight is 262 g/mol. The summed E-state index contributed by atoms with van der Waals surface area (Å²) in [6.45, 7) is 7.74. The van der Waals surface area contributed by atoms with Crippen LogP contribution >= 0.6 is 0 Å². The van der Waals surface area contributed by atoms with Gasteiger partial charge in [0.25, 0.3) is 0 Å². The molecule has 0 unspecified atom stereocenters. The van der Waals surface area contributed by atoms with Crippen molar-refractivity contribution in [3.63, 3.8) is 0 Å². The van der Waals surface area contributed by atoms with E-state index in [1.54, 1.807) is 13.2 Å². The van der Waals surface area contributed by atoms with Gasteiger partial charge in [-0.25, -0.2) is 0 Å². The Hall–Kier alpha value is -1.64. The van der Waals surface area contributed by atoms with Crippen LogP contribution in [-0.4, -0.2) is 18.7 Å². The van der Waals surface area contributed by atoms with Crippen molar-refractivity contribution >= 4 is 11.6 Å². The van der Waals surface area contributed by atoms with Crippen LogP contribution in [0.5, 0.6) is 5.75 Å². The number of carbonyl (C=O) groups is 2. The summed E-state index contributed by atoms with van der Waals surface area (Å²) < 4.78 is 5.34. The van der Waals surface area contributed by atoms with Crippen LogP contribution in [0.25, 0.3) is 0 Å². The molecule has 1 aromatic rings. The van der Waals surface area contributed by atoms with Crippen LogP contribution in [0.4, 0.5) is 0 Å². The molecule has 19 heavy (non-hydrogen) atoms. The molecular weight excluding hydrogens is 240 g/mol. The van der Waals surface area contributed by atoms with Crippen molar-refractivity contribution < 1.29 is 14.3 Å². The van der Waals surface area contributed by atoms with E-state index in [-0.39, 0.29) is 23.4 Å². The second kappa shape index (κ2) is 6.00. The number of ether oxygens (including phenoxy) is 1. The van der Waals surface area contributed by atoms with Crippen LogP contribution in [-0.2, 0) is 10.2 Å². The molecule has 0 bridgehead atoms. The maximum Gasteiger partial charge on any atom is 0.163 e. The lowest BCUT2D eigenvalue weighted by molar-refractivity contribution is -0.116. The van der Waals surface area contributed by atoms with Gasteiger partial charge < -0.3 is 9.53 Å². The molecule has 0 N–H and O–H groups in total. The molecule has 0 aliphatic rings. The fraction of sp³-hybridized carbons (Fsp3) is 0.500. The highest BCUT2D eigenvalue weighted by molar-refractivity contribution is 5.98. The molecule has 0 atom stereocenters. The third kappa shape index (κ3) is 4.19. The van der Waals surface area contributed by atoms with E-state index in [2.05, 4.69) is 20.8 Å². The molecule has 1 aromatic carbocycles. The van der Waals surface area contributed by atoms with E-state index in [0.717, 1.165) is 11.3 Å². The second-order valence-corrected chi connectivity index (χ2v) is 5.79. The van der Waals surface area contributed by atoms with Crippen molar-refractivity contribution in [3.05, 3.63) is 29.3 Å². The second-order valence-electron chi connectivity index (χ2n) is 5.79. The Balaban J connectivity index is 3.05. The van der Waals surface area contributed by atoms with Crippen LogP contribution in [0.2, 0.25) is 0 Å². The molecule has 0 heterocycles. The topological polar surface area (TPSA) is 43.4 Å². The van der Waals surface area contributed by atoms with Crippen molar-refractivity contribution in [1.29, 1.82) is 0 Å². The molecule has 0 aromatic heterocycles. The lowest BCUT2D eigenvalue weighted by Gasteiger charge is -2.22. The minimum atomic E-state index is -0.0950. The van der Waals surface area contributed by atoms with Gasteiger partial charge in [0.15, 0.2) is 5.78 Å². The molecule has 0 aliphatic heterocycles. The SMILES string of the molecule is COc1ccc(C(=O)CCC(C)=O)cc1C(C)(C)C. The summed E-state index contributed by atoms with van der Waals surface area (Å²) in [5.74, 6) is 0.830. The summed E-state index contributed by atoms with van der Waals surface area (Å²) in [5, 5.41) is 0. The normalized spacial score (nSPS) is 11.2. The van der Waals surface area contributed by atoms with Gasteiger partial charge in [-0.2, -0.15) is 0 Å². The molecule has 0 spiro atoms. The quantitative estimate of drug-likeness (QED) is 0.762. The van der Waals surface area contributed by atoms with Crippen molar-refractivity contribution in [2.24, 2.45) is 0 Å². The molecule has 0 fully saturated rings. The van der Waals surface area contributed by atoms with Crippen LogP contribution in [0, 0.1) is 0 Å². The maximum atomic E-state index is 12.0. The molecule has 0 saturated carbocycles. The number of methoxy groups -OCH3 is 1. The number of carbonyl (C=O) groups excluding carboxylic acids is 2. The van der Waals surface area contributed by atoms with E-state index in [4.69, 9.17) is 4.74 Å². The third-order valence-corrected chi connectivity index (χ3v) is 3.03. The minimum absolute atomic E-state index is 0.00310. The van der Waals surface area contributed by atoms with Crippen molar-refractivity contribution in [2.75, 3.05) is 7.11 Å². The highest BCUT2D eigenvalue weighted by Gasteiger charge is 2.20. The highest BCUT2D eigenvalue weighted by Crippen LogP contribution is 2.32. The Morgan fingerprint density at radius 2 is 1.79 bits per heavy atom. The third-order valence-electron chi connectivity index (χ3n) is 3.03. The monoisotopic (exact) mass is 262 g/mol. The first kappa shape index (κ1) is 15.4. The zero-order chi connectivity index (χ0) is 14.6. The first-order chi connectivity index (χ1) is 8.75. The fourth-order valence-electron chi connectivity index (χ4n) is 1.90. The summed E-state index contributed by atoms with van der Waals surface area (Å²) >= 11 is 0. The van der Waals surface area contributed by atoms with Gasteiger partial charge in [-0.3, -0.25) is 4.79 Å². The predicted octanol–water partition coefficient (Wildman–Crippen LogP) is 3.54. The Kier molecular flexibility index (Phi) is 4.87. The van der Waals surface area contributed by atoms with Crippen LogP contribution in [0.15, 0.2) is 18.2 Å². The number of ketones is 2. The van der Waals surface area contributed by atoms with Gasteiger partial charge in [0.05, 0.1) is 7.11 Å². The number of Topliss-reactive ketones (excluding diaryl/α,β-unsaturated/α-hetero) is 2. The molecular formula is C16H22O3. The molecule has 104 valence electrons. The average Bonchev–Trinajstić information content (AvgIpc) is 2.34. The molecule has 3 nitrogen and oxygen atoms in total. The van der Waals surface area contributed by atoms with Gasteiger partial charge in [0.2, 0.25) is 0 Å². The van der Waals surface area contributed by atoms with Gasteiger partial charge in [-0.1, -0.05) is 20.8 Å². The summed E-state index contributed by atoms with van der Waals surface area (Å²) in [5.41, 5.74) is 1.55. The first-order valence-corrected chi connectivity index (χ1v) is 6.47. The maximum absolute atomic E-state index is 12.0. The van der Waals surface area contributed by atoms with E-state index in [0.29, 0.717) is 12.0 Å². The summed E-state index contributed by atoms with van der Waals surface area (Å²) in [7, 11) is 1.63. The lowest BCUT2D eigenvalue weighted by atomic mass is 9.84. The summed E-state index contributed by atoms with van der Waals surface area (Å²) in [6.07, 6.45) is 0.570. The summed E-state index contributed by atoms with van der Waals surface area (Å²) in [4.78, 5) is 23.0. The molecule has 1 rings (SSSR count). The van der Waals surface area contributed by atoms with Crippen LogP contribution in [0.3, 0.4) is 0 Å². The molecule has 0 saturated heterocycles. The Bertz CT molecular complexity index is 481. The lowest BCUT2D eigenvalue weighted by Crippen LogP contribution is -2.14. The fourth-order valence-corrected chi connectivity index (χ4v) is 1.90. The molecule has 0 amide bonds. The van der Waals surface area contributed by atoms with E-state index >= 15 is 0 Å². The first-order valence-electron chi connectivity index (χ1n) is 6.47. The number of benzene rings is 1. The Morgan fingerprint density at radius 1 is 1.16 bits per heavy atom. The standard InChI is InChI=1S/C16H22O3/c1-11(17)6-8-14(18)12-7-9-15(19-5)13(10-12)16(2,3)4/h7,9-10H,6,8H2,1-5H3. The van der Waals surface area contributed by atoms with Gasteiger partial charge in [0, 0.05) is 24.0 Å². The molecule has 3 heteroatoms. The van der Waals surface area contributed by atoms with Crippen LogP contribution in [0.1, 0.15) is 56.5 Å². The van der Waals surface area contributed by atoms with Crippen molar-refractivity contribution in [3.8, 4) is 5.75 Å². The Morgan fingerprint density at radius 3 is 2.26 bits per heavy atom. The van der Waals surface area contributed by atoms with Gasteiger partial charge >= 0.3 is 0 Å². The highest BCUT2D eigenvalue weighted by atomic mass is 16.5. The largest absolute Gasteiger partial charge is 0.496 e. The zero-order valence-electron chi connectivity index (χ0n) is 12.4. The van der Waals surface area contributed by atoms with E-state index in [9.17, 15) is 9.59 Å². The minimum Gasteiger partial charge on any atom is -0.496 e. The van der Waals surface area contributed by atoms with Gasteiger partial charge in [-0.15, -0.1) is 0 Å². The molecule has 0 radical (unpaired) electrons. The van der Waals surface area contributed by atoms with Gasteiger partial charge in [0.1, 0.15) is 11.5 Å². The van der Waals surface area contributed by atoms with Crippen LogP contribution < -0.4 is 4.74 Å². The van der Waals surface area contributed by atoms with E-state index in [1.807, 2.05) is 12.1 Å². The predicted molar refractivity (Wildman–Crippen MR) is 75.9 cm³/mol. The zero-order valence-corrected chi connectivity index (χ0v) is 12.4. The summed E-state index contributed by atoms with van der Waals surface area (Å²) in [6, 6.07) is 5.46. The van der Waals surface area contributed by atoms with E-state index in [1.165, 1.54) is 6.92 Å². The van der Waals surface area contributed by atoms with Gasteiger partial charge in [-0.05, 0) is 30.5 Å². The van der Waals surface area contributed by atoms with Crippen molar-refractivity contribution in [1.82, 2.24) is 0 Å². The van der Waals surface area contributed by atoms with Crippen molar-refractivity contribution in [2.45, 2.75) is 46.0 Å². The number of hydrogen-bond acceptors (Lipinski definition) is 3. The Labute approximate surface area is 115 Å². The molecule has 0 aliphatic carbocycles. The number of rotatable bonds is 5.